The summed E-state index contributed by atoms with van der Waals surface area (Å²) in [4.78, 5) is 24.1. The largest absolute Gasteiger partial charge is 0.347 e. The van der Waals surface area contributed by atoms with Crippen LogP contribution in [0.2, 0.25) is 0 Å². The van der Waals surface area contributed by atoms with Gasteiger partial charge in [0, 0.05) is 23.2 Å². The maximum absolute atomic E-state index is 12.1. The number of carbonyl (C=O) groups is 2. The molecular formula is C19H29N3O2. The number of hydrogen-bond donors (Lipinski definition) is 3. The van der Waals surface area contributed by atoms with E-state index in [4.69, 9.17) is 0 Å². The lowest BCUT2D eigenvalue weighted by Gasteiger charge is -2.22. The van der Waals surface area contributed by atoms with E-state index in [1.165, 1.54) is 0 Å². The van der Waals surface area contributed by atoms with Crippen molar-refractivity contribution in [2.24, 2.45) is 5.92 Å². The molecule has 0 aliphatic carbocycles. The highest BCUT2D eigenvalue weighted by Crippen LogP contribution is 2.18. The maximum Gasteiger partial charge on any atom is 0.251 e. The van der Waals surface area contributed by atoms with Gasteiger partial charge in [-0.05, 0) is 83.3 Å². The van der Waals surface area contributed by atoms with E-state index in [1.54, 1.807) is 24.3 Å². The maximum atomic E-state index is 12.1. The number of rotatable bonds is 5. The van der Waals surface area contributed by atoms with Crippen LogP contribution in [-0.4, -0.2) is 30.4 Å². The number of hydrogen-bond acceptors (Lipinski definition) is 3. The van der Waals surface area contributed by atoms with Crippen molar-refractivity contribution in [3.8, 4) is 0 Å². The summed E-state index contributed by atoms with van der Waals surface area (Å²) in [5.74, 6) is 0.590. The highest BCUT2D eigenvalue weighted by molar-refractivity contribution is 5.96. The van der Waals surface area contributed by atoms with Crippen LogP contribution in [0.4, 0.5) is 5.69 Å². The zero-order valence-electron chi connectivity index (χ0n) is 14.9. The third-order valence-corrected chi connectivity index (χ3v) is 4.16. The fourth-order valence-corrected chi connectivity index (χ4v) is 2.85. The first-order valence-electron chi connectivity index (χ1n) is 8.77. The van der Waals surface area contributed by atoms with Gasteiger partial charge in [0.1, 0.15) is 0 Å². The Kier molecular flexibility index (Phi) is 6.37. The summed E-state index contributed by atoms with van der Waals surface area (Å²) in [5, 5.41) is 9.17. The van der Waals surface area contributed by atoms with Gasteiger partial charge in [-0.25, -0.2) is 0 Å². The Bertz CT molecular complexity index is 555. The molecule has 1 fully saturated rings. The van der Waals surface area contributed by atoms with Crippen molar-refractivity contribution >= 4 is 17.5 Å². The van der Waals surface area contributed by atoms with Gasteiger partial charge in [0.15, 0.2) is 0 Å². The van der Waals surface area contributed by atoms with Crippen molar-refractivity contribution in [1.82, 2.24) is 10.6 Å². The third kappa shape index (κ3) is 6.32. The van der Waals surface area contributed by atoms with Crippen molar-refractivity contribution in [1.29, 1.82) is 0 Å². The van der Waals surface area contributed by atoms with Gasteiger partial charge >= 0.3 is 0 Å². The van der Waals surface area contributed by atoms with Gasteiger partial charge < -0.3 is 16.0 Å². The fourth-order valence-electron chi connectivity index (χ4n) is 2.85. The van der Waals surface area contributed by atoms with E-state index in [0.29, 0.717) is 17.9 Å². The minimum absolute atomic E-state index is 0.0421. The second-order valence-corrected chi connectivity index (χ2v) is 7.56. The topological polar surface area (TPSA) is 70.2 Å². The third-order valence-electron chi connectivity index (χ3n) is 4.16. The van der Waals surface area contributed by atoms with Crippen LogP contribution in [-0.2, 0) is 4.79 Å². The quantitative estimate of drug-likeness (QED) is 0.777. The molecule has 0 spiro atoms. The molecule has 1 aromatic rings. The smallest absolute Gasteiger partial charge is 0.251 e. The number of piperidine rings is 1. The van der Waals surface area contributed by atoms with E-state index in [0.717, 1.165) is 38.0 Å². The minimum atomic E-state index is -0.265. The Hall–Kier alpha value is -1.88. The molecule has 5 heteroatoms. The van der Waals surface area contributed by atoms with Crippen LogP contribution < -0.4 is 16.0 Å². The summed E-state index contributed by atoms with van der Waals surface area (Å²) in [6.45, 7) is 7.96. The Morgan fingerprint density at radius 3 is 2.33 bits per heavy atom. The fraction of sp³-hybridized carbons (Fsp3) is 0.579. The van der Waals surface area contributed by atoms with Crippen molar-refractivity contribution in [3.05, 3.63) is 29.8 Å². The molecule has 0 saturated carbocycles. The molecule has 2 rings (SSSR count). The molecule has 1 heterocycles. The van der Waals surface area contributed by atoms with E-state index in [1.807, 2.05) is 20.8 Å². The summed E-state index contributed by atoms with van der Waals surface area (Å²) in [6.07, 6.45) is 3.81. The molecule has 1 aromatic carbocycles. The second kappa shape index (κ2) is 8.29. The normalized spacial score (nSPS) is 15.8. The Balaban J connectivity index is 1.80. The average molecular weight is 331 g/mol. The van der Waals surface area contributed by atoms with Gasteiger partial charge in [-0.3, -0.25) is 9.59 Å². The zero-order chi connectivity index (χ0) is 17.6. The monoisotopic (exact) mass is 331 g/mol. The second-order valence-electron chi connectivity index (χ2n) is 7.56. The predicted molar refractivity (Wildman–Crippen MR) is 97.1 cm³/mol. The number of nitrogens with one attached hydrogen (secondary N) is 3. The Morgan fingerprint density at radius 1 is 1.12 bits per heavy atom. The van der Waals surface area contributed by atoms with Crippen LogP contribution in [0.5, 0.6) is 0 Å². The first-order valence-corrected chi connectivity index (χ1v) is 8.77. The van der Waals surface area contributed by atoms with Crippen LogP contribution in [0, 0.1) is 5.92 Å². The molecule has 2 amide bonds. The lowest BCUT2D eigenvalue weighted by Crippen LogP contribution is -2.40. The molecule has 1 aliphatic rings. The highest BCUT2D eigenvalue weighted by Gasteiger charge is 2.16. The SMILES string of the molecule is CC(C)(C)NC(=O)c1ccc(NC(=O)CCC2CCNCC2)cc1. The summed E-state index contributed by atoms with van der Waals surface area (Å²) < 4.78 is 0. The number of anilines is 1. The molecule has 24 heavy (non-hydrogen) atoms. The van der Waals surface area contributed by atoms with Gasteiger partial charge in [-0.2, -0.15) is 0 Å². The van der Waals surface area contributed by atoms with Gasteiger partial charge in [-0.15, -0.1) is 0 Å². The zero-order valence-corrected chi connectivity index (χ0v) is 14.9. The van der Waals surface area contributed by atoms with Gasteiger partial charge in [0.25, 0.3) is 5.91 Å². The molecule has 1 aliphatic heterocycles. The van der Waals surface area contributed by atoms with Gasteiger partial charge in [-0.1, -0.05) is 0 Å². The van der Waals surface area contributed by atoms with E-state index in [9.17, 15) is 9.59 Å². The molecular weight excluding hydrogens is 302 g/mol. The van der Waals surface area contributed by atoms with Crippen LogP contribution in [0.1, 0.15) is 56.8 Å². The first-order chi connectivity index (χ1) is 11.3. The molecule has 3 N–H and O–H groups in total. The molecule has 0 radical (unpaired) electrons. The van der Waals surface area contributed by atoms with Crippen molar-refractivity contribution in [2.75, 3.05) is 18.4 Å². The Morgan fingerprint density at radius 2 is 1.75 bits per heavy atom. The predicted octanol–water partition coefficient (Wildman–Crippen LogP) is 2.93. The average Bonchev–Trinajstić information content (AvgIpc) is 2.53. The van der Waals surface area contributed by atoms with Crippen molar-refractivity contribution in [3.63, 3.8) is 0 Å². The van der Waals surface area contributed by atoms with E-state index >= 15 is 0 Å². The summed E-state index contributed by atoms with van der Waals surface area (Å²) in [7, 11) is 0. The van der Waals surface area contributed by atoms with E-state index < -0.39 is 0 Å². The molecule has 0 unspecified atom stereocenters. The minimum Gasteiger partial charge on any atom is -0.347 e. The van der Waals surface area contributed by atoms with Gasteiger partial charge in [0.05, 0.1) is 0 Å². The molecule has 5 nitrogen and oxygen atoms in total. The number of carbonyl (C=O) groups excluding carboxylic acids is 2. The first kappa shape index (κ1) is 18.5. The Labute approximate surface area is 144 Å². The molecule has 1 saturated heterocycles. The van der Waals surface area contributed by atoms with E-state index in [2.05, 4.69) is 16.0 Å². The molecule has 0 bridgehead atoms. The van der Waals surface area contributed by atoms with Crippen molar-refractivity contribution < 1.29 is 9.59 Å². The lowest BCUT2D eigenvalue weighted by molar-refractivity contribution is -0.116. The number of amides is 2. The molecule has 0 aromatic heterocycles. The van der Waals surface area contributed by atoms with Gasteiger partial charge in [0.2, 0.25) is 5.91 Å². The van der Waals surface area contributed by atoms with Crippen LogP contribution in [0.3, 0.4) is 0 Å². The molecule has 132 valence electrons. The van der Waals surface area contributed by atoms with Crippen LogP contribution >= 0.6 is 0 Å². The van der Waals surface area contributed by atoms with Crippen LogP contribution in [0.15, 0.2) is 24.3 Å². The highest BCUT2D eigenvalue weighted by atomic mass is 16.2. The summed E-state index contributed by atoms with van der Waals surface area (Å²) in [6, 6.07) is 7.03. The standard InChI is InChI=1S/C19H29N3O2/c1-19(2,3)22-18(24)15-5-7-16(8-6-15)21-17(23)9-4-14-10-12-20-13-11-14/h5-8,14,20H,4,9-13H2,1-3H3,(H,21,23)(H,22,24). The summed E-state index contributed by atoms with van der Waals surface area (Å²) in [5.41, 5.74) is 1.06. The van der Waals surface area contributed by atoms with Crippen molar-refractivity contribution in [2.45, 2.75) is 52.0 Å². The van der Waals surface area contributed by atoms with E-state index in [-0.39, 0.29) is 17.4 Å². The van der Waals surface area contributed by atoms with Crippen LogP contribution in [0.25, 0.3) is 0 Å². The number of benzene rings is 1. The molecule has 0 atom stereocenters. The summed E-state index contributed by atoms with van der Waals surface area (Å²) >= 11 is 0. The lowest BCUT2D eigenvalue weighted by atomic mass is 9.93.